The summed E-state index contributed by atoms with van der Waals surface area (Å²) in [6.07, 6.45) is 39.3. The first-order valence-electron chi connectivity index (χ1n) is 13.6. The fraction of sp³-hybridized carbons (Fsp3) is 0.625. The molecule has 0 heteroatoms. The fourth-order valence-corrected chi connectivity index (χ4v) is 4.03. The monoisotopic (exact) mass is 438 g/mol. The van der Waals surface area contributed by atoms with Gasteiger partial charge in [0, 0.05) is 10.8 Å². The Bertz CT molecular complexity index is 606. The van der Waals surface area contributed by atoms with Crippen molar-refractivity contribution in [1.82, 2.24) is 0 Å². The van der Waals surface area contributed by atoms with E-state index in [2.05, 4.69) is 115 Å². The minimum Gasteiger partial charge on any atom is -0.0879 e. The van der Waals surface area contributed by atoms with Gasteiger partial charge in [-0.15, -0.1) is 0 Å². The fourth-order valence-electron chi connectivity index (χ4n) is 4.03. The zero-order valence-corrected chi connectivity index (χ0v) is 22.6. The van der Waals surface area contributed by atoms with Gasteiger partial charge in [-0.1, -0.05) is 147 Å². The summed E-state index contributed by atoms with van der Waals surface area (Å²) in [5.41, 5.74) is 1.26. The van der Waals surface area contributed by atoms with Gasteiger partial charge in [0.1, 0.15) is 0 Å². The summed E-state index contributed by atoms with van der Waals surface area (Å²) in [7, 11) is 0. The summed E-state index contributed by atoms with van der Waals surface area (Å²) in [6, 6.07) is 0. The van der Waals surface area contributed by atoms with E-state index in [-0.39, 0.29) is 10.8 Å². The summed E-state index contributed by atoms with van der Waals surface area (Å²) in [5, 5.41) is 0. The molecule has 0 rings (SSSR count). The van der Waals surface area contributed by atoms with Crippen molar-refractivity contribution in [3.05, 3.63) is 72.4 Å². The highest BCUT2D eigenvalue weighted by atomic mass is 14.5. The minimum atomic E-state index is -0.156. The lowest BCUT2D eigenvalue weighted by atomic mass is 9.58. The Kier molecular flexibility index (Phi) is 18.0. The van der Waals surface area contributed by atoms with Crippen molar-refractivity contribution >= 4 is 0 Å². The molecule has 0 fully saturated rings. The quantitative estimate of drug-likeness (QED) is 0.147. The van der Waals surface area contributed by atoms with Crippen LogP contribution in [0.1, 0.15) is 119 Å². The molecule has 1 atom stereocenters. The van der Waals surface area contributed by atoms with Crippen molar-refractivity contribution in [2.75, 3.05) is 0 Å². The van der Waals surface area contributed by atoms with E-state index in [0.29, 0.717) is 0 Å². The third-order valence-electron chi connectivity index (χ3n) is 6.39. The molecule has 0 aliphatic heterocycles. The predicted octanol–water partition coefficient (Wildman–Crippen LogP) is 11.1. The van der Waals surface area contributed by atoms with Gasteiger partial charge in [0.05, 0.1) is 0 Å². The van der Waals surface area contributed by atoms with Crippen LogP contribution in [0.25, 0.3) is 0 Å². The van der Waals surface area contributed by atoms with E-state index >= 15 is 0 Å². The highest BCUT2D eigenvalue weighted by Crippen LogP contribution is 2.52. The van der Waals surface area contributed by atoms with Crippen LogP contribution in [-0.2, 0) is 0 Å². The second-order valence-electron chi connectivity index (χ2n) is 9.24. The number of allylic oxidation sites excluding steroid dienone is 12. The smallest absolute Gasteiger partial charge is 0.0400 e. The van der Waals surface area contributed by atoms with E-state index in [1.54, 1.807) is 0 Å². The van der Waals surface area contributed by atoms with E-state index in [1.807, 2.05) is 0 Å². The zero-order chi connectivity index (χ0) is 24.1. The number of unbranched alkanes of at least 4 members (excludes halogenated alkanes) is 5. The van der Waals surface area contributed by atoms with Crippen LogP contribution in [0.4, 0.5) is 0 Å². The van der Waals surface area contributed by atoms with Crippen LogP contribution < -0.4 is 0 Å². The van der Waals surface area contributed by atoms with Gasteiger partial charge in [-0.2, -0.15) is 0 Å². The molecule has 0 spiro atoms. The highest BCUT2D eigenvalue weighted by Gasteiger charge is 2.43. The van der Waals surface area contributed by atoms with E-state index in [1.165, 1.54) is 37.7 Å². The maximum Gasteiger partial charge on any atom is 0.0400 e. The lowest BCUT2D eigenvalue weighted by molar-refractivity contribution is 0.254. The summed E-state index contributed by atoms with van der Waals surface area (Å²) in [4.78, 5) is 0. The van der Waals surface area contributed by atoms with Gasteiger partial charge in [-0.25, -0.2) is 0 Å². The molecule has 0 aliphatic rings. The van der Waals surface area contributed by atoms with Gasteiger partial charge in [0.25, 0.3) is 0 Å². The maximum atomic E-state index is 2.53. The number of hydrogen-bond acceptors (Lipinski definition) is 0. The van der Waals surface area contributed by atoms with Crippen LogP contribution in [-0.4, -0.2) is 0 Å². The second-order valence-corrected chi connectivity index (χ2v) is 9.24. The molecule has 0 amide bonds. The third kappa shape index (κ3) is 10.4. The van der Waals surface area contributed by atoms with Gasteiger partial charge in [0.15, 0.2) is 0 Å². The molecule has 0 aromatic heterocycles. The summed E-state index contributed by atoms with van der Waals surface area (Å²) < 4.78 is 0. The Morgan fingerprint density at radius 3 is 1.47 bits per heavy atom. The van der Waals surface area contributed by atoms with Gasteiger partial charge >= 0.3 is 0 Å². The molecule has 0 saturated carbocycles. The molecule has 0 aromatic rings. The van der Waals surface area contributed by atoms with Crippen molar-refractivity contribution in [3.8, 4) is 0 Å². The Morgan fingerprint density at radius 2 is 1.00 bits per heavy atom. The molecule has 0 nitrogen and oxygen atoms in total. The first-order valence-corrected chi connectivity index (χ1v) is 13.6. The highest BCUT2D eigenvalue weighted by molar-refractivity contribution is 5.44. The SMILES string of the molecule is CCCC=CC=C(C=CCCC)C(C=CCCC)(C=CCCC)C(C)(C=CCCC)CC. The average molecular weight is 439 g/mol. The Hall–Kier alpha value is -1.56. The van der Waals surface area contributed by atoms with Crippen molar-refractivity contribution in [1.29, 1.82) is 0 Å². The van der Waals surface area contributed by atoms with E-state index in [0.717, 1.165) is 38.5 Å². The maximum absolute atomic E-state index is 2.53. The van der Waals surface area contributed by atoms with Crippen molar-refractivity contribution in [3.63, 3.8) is 0 Å². The van der Waals surface area contributed by atoms with Gasteiger partial charge in [0.2, 0.25) is 0 Å². The van der Waals surface area contributed by atoms with E-state index in [9.17, 15) is 0 Å². The van der Waals surface area contributed by atoms with Crippen molar-refractivity contribution in [2.24, 2.45) is 10.8 Å². The first kappa shape index (κ1) is 30.4. The minimum absolute atomic E-state index is 0.0115. The van der Waals surface area contributed by atoms with Crippen LogP contribution in [0.5, 0.6) is 0 Å². The molecule has 0 N–H and O–H groups in total. The van der Waals surface area contributed by atoms with Crippen LogP contribution in [0.3, 0.4) is 0 Å². The standard InChI is InChI=1S/C32H54/c1-8-14-19-21-26-30(25-20-15-9-2)32(28-23-17-11-4,29-24-18-12-5)31(7,13-6)27-22-16-10-3/h19-29H,8-18H2,1-7H3. The predicted molar refractivity (Wildman–Crippen MR) is 149 cm³/mol. The van der Waals surface area contributed by atoms with Crippen LogP contribution in [0, 0.1) is 10.8 Å². The largest absolute Gasteiger partial charge is 0.0879 e. The summed E-state index contributed by atoms with van der Waals surface area (Å²) >= 11 is 0. The van der Waals surface area contributed by atoms with Gasteiger partial charge in [-0.05, 0) is 44.1 Å². The molecular weight excluding hydrogens is 384 g/mol. The zero-order valence-electron chi connectivity index (χ0n) is 22.6. The molecule has 0 saturated heterocycles. The Labute approximate surface area is 202 Å². The topological polar surface area (TPSA) is 0 Å². The molecule has 0 aliphatic carbocycles. The first-order chi connectivity index (χ1) is 15.5. The summed E-state index contributed by atoms with van der Waals surface area (Å²) in [5.74, 6) is 0. The molecule has 0 heterocycles. The lowest BCUT2D eigenvalue weighted by Crippen LogP contribution is -2.37. The van der Waals surface area contributed by atoms with Crippen molar-refractivity contribution in [2.45, 2.75) is 119 Å². The Balaban J connectivity index is 6.96. The van der Waals surface area contributed by atoms with Crippen LogP contribution in [0.15, 0.2) is 72.4 Å². The lowest BCUT2D eigenvalue weighted by Gasteiger charge is -2.45. The van der Waals surface area contributed by atoms with E-state index in [4.69, 9.17) is 0 Å². The number of hydrogen-bond donors (Lipinski definition) is 0. The van der Waals surface area contributed by atoms with Gasteiger partial charge < -0.3 is 0 Å². The van der Waals surface area contributed by atoms with Crippen LogP contribution in [0.2, 0.25) is 0 Å². The summed E-state index contributed by atoms with van der Waals surface area (Å²) in [6.45, 7) is 16.1. The van der Waals surface area contributed by atoms with Crippen molar-refractivity contribution < 1.29 is 0 Å². The second kappa shape index (κ2) is 19.0. The molecule has 0 bridgehead atoms. The molecule has 32 heavy (non-hydrogen) atoms. The van der Waals surface area contributed by atoms with Crippen LogP contribution >= 0.6 is 0 Å². The number of rotatable bonds is 18. The van der Waals surface area contributed by atoms with Gasteiger partial charge in [-0.3, -0.25) is 0 Å². The molecule has 182 valence electrons. The molecular formula is C32H54. The molecule has 0 radical (unpaired) electrons. The molecule has 1 unspecified atom stereocenters. The average Bonchev–Trinajstić information content (AvgIpc) is 2.80. The van der Waals surface area contributed by atoms with E-state index < -0.39 is 0 Å². The third-order valence-corrected chi connectivity index (χ3v) is 6.39. The normalized spacial score (nSPS) is 17.4. The molecule has 0 aromatic carbocycles. The Morgan fingerprint density at radius 1 is 0.562 bits per heavy atom.